The largest absolute Gasteiger partial charge is 0.497 e. The molecule has 0 radical (unpaired) electrons. The summed E-state index contributed by atoms with van der Waals surface area (Å²) in [4.78, 5) is 48.3. The first-order valence-corrected chi connectivity index (χ1v) is 13.4. The molecule has 0 bridgehead atoms. The Morgan fingerprint density at radius 3 is 2.63 bits per heavy atom. The maximum atomic E-state index is 12.8. The van der Waals surface area contributed by atoms with Crippen LogP contribution in [0, 0.1) is 18.8 Å². The molecule has 1 aliphatic heterocycles. The van der Waals surface area contributed by atoms with Gasteiger partial charge in [0.1, 0.15) is 5.75 Å². The molecular weight excluding hydrogens is 524 g/mol. The van der Waals surface area contributed by atoms with Crippen LogP contribution in [-0.4, -0.2) is 91.4 Å². The van der Waals surface area contributed by atoms with Crippen molar-refractivity contribution in [3.8, 4) is 12.3 Å². The van der Waals surface area contributed by atoms with E-state index in [1.807, 2.05) is 30.0 Å². The summed E-state index contributed by atoms with van der Waals surface area (Å²) in [6, 6.07) is 9.51. The number of hydrogen-bond donors (Lipinski definition) is 4. The van der Waals surface area contributed by atoms with Gasteiger partial charge in [-0.25, -0.2) is 10.2 Å². The van der Waals surface area contributed by atoms with E-state index in [0.717, 1.165) is 59.4 Å². The maximum absolute atomic E-state index is 12.8. The van der Waals surface area contributed by atoms with Crippen LogP contribution in [0.25, 0.3) is 11.0 Å². The highest BCUT2D eigenvalue weighted by molar-refractivity contribution is 6.00. The number of likely N-dealkylation sites (N-methyl/N-ethyl adjacent to an activating group) is 1. The van der Waals surface area contributed by atoms with Crippen molar-refractivity contribution in [2.45, 2.75) is 32.2 Å². The number of nitrogens with one attached hydrogen (secondary N) is 4. The number of imidazole rings is 1. The van der Waals surface area contributed by atoms with E-state index in [-0.39, 0.29) is 18.4 Å². The van der Waals surface area contributed by atoms with Gasteiger partial charge >= 0.3 is 0 Å². The molecule has 1 saturated heterocycles. The van der Waals surface area contributed by atoms with Crippen LogP contribution < -0.4 is 20.7 Å². The minimum atomic E-state index is -0.287. The molecule has 1 aromatic heterocycles. The van der Waals surface area contributed by atoms with Crippen molar-refractivity contribution in [2.75, 3.05) is 58.0 Å². The third kappa shape index (κ3) is 7.73. The number of nitrogens with zero attached hydrogens (tertiary/aromatic N) is 4. The number of aromatic nitrogens is 2. The van der Waals surface area contributed by atoms with Crippen LogP contribution in [0.2, 0.25) is 0 Å². The smallest absolute Gasteiger partial charge is 0.251 e. The molecule has 3 aromatic rings. The van der Waals surface area contributed by atoms with E-state index < -0.39 is 0 Å². The van der Waals surface area contributed by atoms with E-state index in [2.05, 4.69) is 44.4 Å². The fraction of sp³-hybridized carbons (Fsp3) is 0.414. The summed E-state index contributed by atoms with van der Waals surface area (Å²) >= 11 is 0. The summed E-state index contributed by atoms with van der Waals surface area (Å²) in [7, 11) is 5.49. The number of hydrogen-bond acceptors (Lipinski definition) is 8. The van der Waals surface area contributed by atoms with Crippen molar-refractivity contribution in [3.63, 3.8) is 0 Å². The second-order valence-electron chi connectivity index (χ2n) is 9.84. The number of carbonyl (C=O) groups is 3. The second-order valence-corrected chi connectivity index (χ2v) is 9.84. The Balaban J connectivity index is 0.00000226. The topological polar surface area (TPSA) is 155 Å². The normalized spacial score (nSPS) is 13.3. The number of rotatable bonds is 11. The zero-order valence-corrected chi connectivity index (χ0v) is 24.0. The van der Waals surface area contributed by atoms with Crippen LogP contribution >= 0.6 is 0 Å². The summed E-state index contributed by atoms with van der Waals surface area (Å²) in [5.41, 5.74) is 4.74. The number of methoxy groups -OCH3 is 1. The zero-order chi connectivity index (χ0) is 29.9. The van der Waals surface area contributed by atoms with Gasteiger partial charge in [-0.05, 0) is 74.7 Å². The fourth-order valence-corrected chi connectivity index (χ4v) is 5.05. The number of nitriles is 1. The van der Waals surface area contributed by atoms with Crippen molar-refractivity contribution in [3.05, 3.63) is 47.0 Å². The van der Waals surface area contributed by atoms with Gasteiger partial charge in [-0.15, -0.1) is 0 Å². The molecule has 1 aliphatic rings. The van der Waals surface area contributed by atoms with Gasteiger partial charge in [-0.1, -0.05) is 0 Å². The zero-order valence-electron chi connectivity index (χ0n) is 24.0. The highest BCUT2D eigenvalue weighted by atomic mass is 16.5. The van der Waals surface area contributed by atoms with Crippen LogP contribution in [0.15, 0.2) is 30.3 Å². The van der Waals surface area contributed by atoms with Gasteiger partial charge < -0.3 is 35.5 Å². The van der Waals surface area contributed by atoms with Gasteiger partial charge in [0.25, 0.3) is 5.91 Å². The van der Waals surface area contributed by atoms with Gasteiger partial charge in [-0.3, -0.25) is 14.4 Å². The molecule has 218 valence electrons. The molecule has 2 heterocycles. The third-order valence-corrected chi connectivity index (χ3v) is 7.38. The lowest BCUT2D eigenvalue weighted by molar-refractivity contribution is -0.131. The Hall–Kier alpha value is -4.63. The number of benzene rings is 2. The molecule has 3 amide bonds. The standard InChI is InChI=1S/C28H37N7O4.CHN/c1-18-13-20(15-24-26(18)33-28(29-2)32-24)27(38)30-16-25(37)35-11-8-21(9-12-35)34(3)10-7-19-14-22(39-4)5-6-23(19)31-17-36;1-2/h5-6,13-15,17,21H,7-12,16H2,1-4H3,(H,30,38)(H,31,36)(H2,29,32,33);1H. The van der Waals surface area contributed by atoms with Crippen molar-refractivity contribution in [2.24, 2.45) is 0 Å². The predicted octanol–water partition coefficient (Wildman–Crippen LogP) is 2.53. The van der Waals surface area contributed by atoms with E-state index >= 15 is 0 Å². The Morgan fingerprint density at radius 2 is 1.98 bits per heavy atom. The average molecular weight is 563 g/mol. The number of aromatic amines is 1. The van der Waals surface area contributed by atoms with Gasteiger partial charge in [0.05, 0.1) is 24.7 Å². The highest BCUT2D eigenvalue weighted by Crippen LogP contribution is 2.24. The lowest BCUT2D eigenvalue weighted by Gasteiger charge is -2.37. The minimum absolute atomic E-state index is 0.0382. The van der Waals surface area contributed by atoms with E-state index in [1.165, 1.54) is 0 Å². The van der Waals surface area contributed by atoms with E-state index in [0.29, 0.717) is 37.1 Å². The number of likely N-dealkylation sites (tertiary alicyclic amines) is 1. The number of anilines is 2. The molecule has 41 heavy (non-hydrogen) atoms. The van der Waals surface area contributed by atoms with E-state index in [4.69, 9.17) is 10.00 Å². The lowest BCUT2D eigenvalue weighted by Crippen LogP contribution is -2.48. The summed E-state index contributed by atoms with van der Waals surface area (Å²) in [5.74, 6) is 1.02. The van der Waals surface area contributed by atoms with Crippen LogP contribution in [0.1, 0.15) is 34.3 Å². The number of fused-ring (bicyclic) bond motifs is 1. The molecule has 12 heteroatoms. The Bertz CT molecular complexity index is 1380. The first-order chi connectivity index (χ1) is 19.8. The number of ether oxygens (including phenoxy) is 1. The number of H-pyrrole nitrogens is 1. The van der Waals surface area contributed by atoms with Crippen LogP contribution in [0.4, 0.5) is 11.6 Å². The van der Waals surface area contributed by atoms with Crippen molar-refractivity contribution in [1.29, 1.82) is 5.26 Å². The molecule has 0 atom stereocenters. The summed E-state index contributed by atoms with van der Waals surface area (Å²) in [6.07, 6.45) is 3.16. The Kier molecular flexibility index (Phi) is 11.1. The number of aryl methyl sites for hydroxylation is 1. The van der Waals surface area contributed by atoms with Gasteiger partial charge in [0, 0.05) is 50.5 Å². The molecule has 0 saturated carbocycles. The number of amides is 3. The quantitative estimate of drug-likeness (QED) is 0.260. The maximum Gasteiger partial charge on any atom is 0.251 e. The van der Waals surface area contributed by atoms with E-state index in [1.54, 1.807) is 26.3 Å². The molecule has 0 aliphatic carbocycles. The van der Waals surface area contributed by atoms with Gasteiger partial charge in [0.2, 0.25) is 18.3 Å². The van der Waals surface area contributed by atoms with Crippen molar-refractivity contribution in [1.82, 2.24) is 25.1 Å². The third-order valence-electron chi connectivity index (χ3n) is 7.38. The molecular formula is C29H38N8O4. The fourth-order valence-electron chi connectivity index (χ4n) is 5.05. The second kappa shape index (κ2) is 14.7. The molecule has 0 spiro atoms. The lowest BCUT2D eigenvalue weighted by atomic mass is 10.0. The van der Waals surface area contributed by atoms with Gasteiger partial charge in [-0.2, -0.15) is 0 Å². The highest BCUT2D eigenvalue weighted by Gasteiger charge is 2.25. The molecule has 4 N–H and O–H groups in total. The number of carbonyl (C=O) groups excluding carboxylic acids is 3. The molecule has 0 unspecified atom stereocenters. The minimum Gasteiger partial charge on any atom is -0.497 e. The number of piperidine rings is 1. The molecule has 1 fully saturated rings. The summed E-state index contributed by atoms with van der Waals surface area (Å²) in [5, 5.41) is 15.0. The molecule has 2 aromatic carbocycles. The SMILES string of the molecule is C#N.CNc1nc2c(C)cc(C(=O)NCC(=O)N3CCC(N(C)CCc4cc(OC)ccc4NC=O)CC3)cc2[nH]1. The van der Waals surface area contributed by atoms with Crippen LogP contribution in [0.5, 0.6) is 5.75 Å². The van der Waals surface area contributed by atoms with Gasteiger partial charge in [0.15, 0.2) is 0 Å². The average Bonchev–Trinajstić information content (AvgIpc) is 3.44. The summed E-state index contributed by atoms with van der Waals surface area (Å²) < 4.78 is 5.33. The Labute approximate surface area is 240 Å². The van der Waals surface area contributed by atoms with Crippen molar-refractivity contribution >= 4 is 40.9 Å². The monoisotopic (exact) mass is 562 g/mol. The van der Waals surface area contributed by atoms with E-state index in [9.17, 15) is 14.4 Å². The Morgan fingerprint density at radius 1 is 1.24 bits per heavy atom. The molecule has 4 rings (SSSR count). The summed E-state index contributed by atoms with van der Waals surface area (Å²) in [6.45, 7) is 7.47. The predicted molar refractivity (Wildman–Crippen MR) is 158 cm³/mol. The molecule has 12 nitrogen and oxygen atoms in total. The van der Waals surface area contributed by atoms with Crippen LogP contribution in [0.3, 0.4) is 0 Å². The first kappa shape index (κ1) is 30.9. The van der Waals surface area contributed by atoms with Crippen LogP contribution in [-0.2, 0) is 16.0 Å². The van der Waals surface area contributed by atoms with Crippen molar-refractivity contribution < 1.29 is 19.1 Å². The first-order valence-electron chi connectivity index (χ1n) is 13.4.